The van der Waals surface area contributed by atoms with Crippen LogP contribution in [-0.4, -0.2) is 13.1 Å². The van der Waals surface area contributed by atoms with Gasteiger partial charge in [0.1, 0.15) is 0 Å². The van der Waals surface area contributed by atoms with Gasteiger partial charge in [-0.15, -0.1) is 0 Å². The lowest BCUT2D eigenvalue weighted by molar-refractivity contribution is 0.179. The van der Waals surface area contributed by atoms with E-state index in [1.165, 1.54) is 51.6 Å². The summed E-state index contributed by atoms with van der Waals surface area (Å²) in [6, 6.07) is 0. The maximum absolute atomic E-state index is 3.46. The van der Waals surface area contributed by atoms with E-state index in [9.17, 15) is 0 Å². The molecule has 0 atom stereocenters. The van der Waals surface area contributed by atoms with Gasteiger partial charge in [-0.05, 0) is 56.5 Å². The second-order valence-corrected chi connectivity index (χ2v) is 5.11. The van der Waals surface area contributed by atoms with Gasteiger partial charge in [0.25, 0.3) is 0 Å². The molecule has 1 saturated heterocycles. The van der Waals surface area contributed by atoms with E-state index >= 15 is 0 Å². The number of rotatable bonds is 1. The summed E-state index contributed by atoms with van der Waals surface area (Å²) in [6.45, 7) is 4.96. The van der Waals surface area contributed by atoms with Crippen molar-refractivity contribution >= 4 is 0 Å². The van der Waals surface area contributed by atoms with Crippen LogP contribution in [0.4, 0.5) is 0 Å². The highest BCUT2D eigenvalue weighted by Gasteiger charge is 2.26. The first kappa shape index (κ1) is 9.51. The lowest BCUT2D eigenvalue weighted by atomic mass is 9.73. The van der Waals surface area contributed by atoms with Crippen LogP contribution >= 0.6 is 0 Å². The summed E-state index contributed by atoms with van der Waals surface area (Å²) in [4.78, 5) is 0. The van der Waals surface area contributed by atoms with Crippen molar-refractivity contribution in [2.24, 2.45) is 17.8 Å². The van der Waals surface area contributed by atoms with Crippen molar-refractivity contribution in [2.45, 2.75) is 45.4 Å². The van der Waals surface area contributed by atoms with Gasteiger partial charge in [0.2, 0.25) is 0 Å². The van der Waals surface area contributed by atoms with E-state index in [1.807, 2.05) is 0 Å². The number of piperidine rings is 1. The quantitative estimate of drug-likeness (QED) is 0.656. The first-order valence-electron chi connectivity index (χ1n) is 6.07. The van der Waals surface area contributed by atoms with Gasteiger partial charge in [0, 0.05) is 0 Å². The van der Waals surface area contributed by atoms with Gasteiger partial charge in [0.05, 0.1) is 0 Å². The summed E-state index contributed by atoms with van der Waals surface area (Å²) in [7, 11) is 0. The molecule has 2 aliphatic rings. The molecule has 0 radical (unpaired) electrons. The standard InChI is InChI=1S/C12H23N/c1-10-2-4-11(5-3-10)12-6-8-13-9-7-12/h10-13H,2-9H2,1H3. The molecule has 0 aromatic heterocycles. The number of nitrogens with one attached hydrogen (secondary N) is 1. The Balaban J connectivity index is 1.79. The Morgan fingerprint density at radius 1 is 0.769 bits per heavy atom. The van der Waals surface area contributed by atoms with Gasteiger partial charge in [-0.3, -0.25) is 0 Å². The highest BCUT2D eigenvalue weighted by molar-refractivity contribution is 4.79. The maximum atomic E-state index is 3.46. The zero-order valence-electron chi connectivity index (χ0n) is 8.89. The molecule has 0 amide bonds. The predicted octanol–water partition coefficient (Wildman–Crippen LogP) is 2.81. The van der Waals surface area contributed by atoms with Gasteiger partial charge >= 0.3 is 0 Å². The third-order valence-electron chi connectivity index (χ3n) is 4.11. The third-order valence-corrected chi connectivity index (χ3v) is 4.11. The fourth-order valence-electron chi connectivity index (χ4n) is 3.07. The summed E-state index contributed by atoms with van der Waals surface area (Å²) < 4.78 is 0. The molecule has 2 fully saturated rings. The van der Waals surface area contributed by atoms with Crippen LogP contribution in [0.1, 0.15) is 45.4 Å². The van der Waals surface area contributed by atoms with Crippen LogP contribution < -0.4 is 5.32 Å². The van der Waals surface area contributed by atoms with Crippen molar-refractivity contribution in [2.75, 3.05) is 13.1 Å². The molecule has 2 rings (SSSR count). The van der Waals surface area contributed by atoms with Crippen molar-refractivity contribution in [3.05, 3.63) is 0 Å². The van der Waals surface area contributed by atoms with Gasteiger partial charge < -0.3 is 5.32 Å². The normalized spacial score (nSPS) is 37.6. The van der Waals surface area contributed by atoms with E-state index in [4.69, 9.17) is 0 Å². The largest absolute Gasteiger partial charge is 0.317 e. The number of hydrogen-bond donors (Lipinski definition) is 1. The molecule has 1 heterocycles. The average Bonchev–Trinajstić information content (AvgIpc) is 2.20. The summed E-state index contributed by atoms with van der Waals surface area (Å²) >= 11 is 0. The molecule has 0 unspecified atom stereocenters. The van der Waals surface area contributed by atoms with Crippen molar-refractivity contribution < 1.29 is 0 Å². The molecule has 1 heteroatoms. The highest BCUT2D eigenvalue weighted by atomic mass is 14.9. The lowest BCUT2D eigenvalue weighted by Crippen LogP contribution is -2.33. The predicted molar refractivity (Wildman–Crippen MR) is 56.7 cm³/mol. The Hall–Kier alpha value is -0.0400. The minimum absolute atomic E-state index is 1.01. The van der Waals surface area contributed by atoms with E-state index in [-0.39, 0.29) is 0 Å². The first-order valence-corrected chi connectivity index (χ1v) is 6.07. The Morgan fingerprint density at radius 3 is 1.92 bits per heavy atom. The highest BCUT2D eigenvalue weighted by Crippen LogP contribution is 2.36. The minimum atomic E-state index is 1.01. The van der Waals surface area contributed by atoms with Crippen molar-refractivity contribution in [3.8, 4) is 0 Å². The fraction of sp³-hybridized carbons (Fsp3) is 1.00. The molecular formula is C12H23N. The van der Waals surface area contributed by atoms with Crippen LogP contribution in [0.5, 0.6) is 0 Å². The molecule has 1 saturated carbocycles. The zero-order chi connectivity index (χ0) is 9.10. The molecule has 1 aliphatic carbocycles. The van der Waals surface area contributed by atoms with Gasteiger partial charge in [-0.1, -0.05) is 19.8 Å². The summed E-state index contributed by atoms with van der Waals surface area (Å²) in [5.41, 5.74) is 0. The summed E-state index contributed by atoms with van der Waals surface area (Å²) in [6.07, 6.45) is 8.92. The summed E-state index contributed by atoms with van der Waals surface area (Å²) in [5, 5.41) is 3.46. The van der Waals surface area contributed by atoms with Crippen molar-refractivity contribution in [1.82, 2.24) is 5.32 Å². The topological polar surface area (TPSA) is 12.0 Å². The van der Waals surface area contributed by atoms with E-state index < -0.39 is 0 Å². The molecule has 1 aliphatic heterocycles. The molecule has 1 nitrogen and oxygen atoms in total. The van der Waals surface area contributed by atoms with Gasteiger partial charge in [-0.25, -0.2) is 0 Å². The summed E-state index contributed by atoms with van der Waals surface area (Å²) in [5.74, 6) is 3.16. The molecule has 13 heavy (non-hydrogen) atoms. The second-order valence-electron chi connectivity index (χ2n) is 5.11. The average molecular weight is 181 g/mol. The maximum Gasteiger partial charge on any atom is -0.00462 e. The third kappa shape index (κ3) is 2.46. The molecule has 0 aromatic rings. The second kappa shape index (κ2) is 4.45. The Labute approximate surface area is 82.3 Å². The lowest BCUT2D eigenvalue weighted by Gasteiger charge is -2.35. The number of hydrogen-bond acceptors (Lipinski definition) is 1. The van der Waals surface area contributed by atoms with E-state index in [1.54, 1.807) is 0 Å². The van der Waals surface area contributed by atoms with Crippen LogP contribution in [-0.2, 0) is 0 Å². The van der Waals surface area contributed by atoms with E-state index in [0.29, 0.717) is 0 Å². The molecule has 0 aromatic carbocycles. The molecule has 0 bridgehead atoms. The Kier molecular flexibility index (Phi) is 3.26. The van der Waals surface area contributed by atoms with Crippen LogP contribution in [0.15, 0.2) is 0 Å². The van der Waals surface area contributed by atoms with Crippen LogP contribution in [0.3, 0.4) is 0 Å². The van der Waals surface area contributed by atoms with Crippen LogP contribution in [0, 0.1) is 17.8 Å². The SMILES string of the molecule is CC1CCC(C2CCNCC2)CC1. The molecular weight excluding hydrogens is 158 g/mol. The molecule has 0 spiro atoms. The van der Waals surface area contributed by atoms with Crippen LogP contribution in [0.25, 0.3) is 0 Å². The van der Waals surface area contributed by atoms with Gasteiger partial charge in [0.15, 0.2) is 0 Å². The molecule has 76 valence electrons. The monoisotopic (exact) mass is 181 g/mol. The van der Waals surface area contributed by atoms with Crippen molar-refractivity contribution in [1.29, 1.82) is 0 Å². The smallest absolute Gasteiger partial charge is 0.00462 e. The Morgan fingerprint density at radius 2 is 1.31 bits per heavy atom. The van der Waals surface area contributed by atoms with E-state index in [0.717, 1.165) is 17.8 Å². The van der Waals surface area contributed by atoms with E-state index in [2.05, 4.69) is 12.2 Å². The van der Waals surface area contributed by atoms with Crippen LogP contribution in [0.2, 0.25) is 0 Å². The molecule has 1 N–H and O–H groups in total. The van der Waals surface area contributed by atoms with Crippen molar-refractivity contribution in [3.63, 3.8) is 0 Å². The minimum Gasteiger partial charge on any atom is -0.317 e. The zero-order valence-corrected chi connectivity index (χ0v) is 8.89. The fourth-order valence-corrected chi connectivity index (χ4v) is 3.07. The first-order chi connectivity index (χ1) is 6.36. The van der Waals surface area contributed by atoms with Gasteiger partial charge in [-0.2, -0.15) is 0 Å². The Bertz CT molecular complexity index is 141.